The molecule has 16 heavy (non-hydrogen) atoms. The molecule has 1 fully saturated rings. The maximum absolute atomic E-state index is 4.10. The predicted molar refractivity (Wildman–Crippen MR) is 66.2 cm³/mol. The number of rotatable bonds is 7. The second kappa shape index (κ2) is 5.97. The van der Waals surface area contributed by atoms with Crippen LogP contribution in [0.3, 0.4) is 0 Å². The van der Waals surface area contributed by atoms with E-state index < -0.39 is 0 Å². The number of pyridine rings is 1. The molecule has 0 aliphatic heterocycles. The third-order valence-electron chi connectivity index (χ3n) is 3.10. The van der Waals surface area contributed by atoms with Crippen LogP contribution in [-0.4, -0.2) is 35.6 Å². The fraction of sp³-hybridized carbons (Fsp3) is 0.615. The lowest BCUT2D eigenvalue weighted by atomic mass is 10.3. The molecule has 1 aliphatic carbocycles. The molecule has 1 N–H and O–H groups in total. The summed E-state index contributed by atoms with van der Waals surface area (Å²) in [6, 6.07) is 4.98. The Bertz CT molecular complexity index is 295. The minimum absolute atomic E-state index is 0.880. The minimum atomic E-state index is 0.880. The maximum Gasteiger partial charge on any atom is 0.0312 e. The van der Waals surface area contributed by atoms with Crippen LogP contribution in [0.25, 0.3) is 0 Å². The molecule has 1 saturated carbocycles. The summed E-state index contributed by atoms with van der Waals surface area (Å²) in [6.07, 6.45) is 6.54. The van der Waals surface area contributed by atoms with Gasteiger partial charge >= 0.3 is 0 Å². The first-order valence-electron chi connectivity index (χ1n) is 6.24. The van der Waals surface area contributed by atoms with Gasteiger partial charge in [-0.2, -0.15) is 0 Å². The molecule has 0 radical (unpaired) electrons. The monoisotopic (exact) mass is 219 g/mol. The van der Waals surface area contributed by atoms with E-state index in [-0.39, 0.29) is 0 Å². The van der Waals surface area contributed by atoms with Crippen molar-refractivity contribution in [2.45, 2.75) is 32.4 Å². The molecule has 0 amide bonds. The smallest absolute Gasteiger partial charge is 0.0312 e. The lowest BCUT2D eigenvalue weighted by molar-refractivity contribution is 0.277. The van der Waals surface area contributed by atoms with E-state index in [1.807, 2.05) is 18.5 Å². The largest absolute Gasteiger partial charge is 0.311 e. The van der Waals surface area contributed by atoms with Gasteiger partial charge < -0.3 is 5.32 Å². The summed E-state index contributed by atoms with van der Waals surface area (Å²) in [5.74, 6) is 0. The Morgan fingerprint density at radius 3 is 3.00 bits per heavy atom. The summed E-state index contributed by atoms with van der Waals surface area (Å²) in [6.45, 7) is 6.59. The van der Waals surface area contributed by atoms with E-state index in [4.69, 9.17) is 0 Å². The normalized spacial score (nSPS) is 15.6. The molecule has 0 spiro atoms. The maximum atomic E-state index is 4.10. The topological polar surface area (TPSA) is 28.2 Å². The molecule has 3 heteroatoms. The fourth-order valence-corrected chi connectivity index (χ4v) is 2.00. The summed E-state index contributed by atoms with van der Waals surface area (Å²) in [7, 11) is 0. The van der Waals surface area contributed by atoms with E-state index in [9.17, 15) is 0 Å². The average Bonchev–Trinajstić information content (AvgIpc) is 3.15. The van der Waals surface area contributed by atoms with Crippen molar-refractivity contribution in [3.05, 3.63) is 30.1 Å². The van der Waals surface area contributed by atoms with Crippen molar-refractivity contribution in [2.24, 2.45) is 0 Å². The van der Waals surface area contributed by atoms with Crippen LogP contribution in [0, 0.1) is 0 Å². The molecule has 2 rings (SSSR count). The highest BCUT2D eigenvalue weighted by Gasteiger charge is 2.26. The Kier molecular flexibility index (Phi) is 4.31. The van der Waals surface area contributed by atoms with E-state index >= 15 is 0 Å². The number of nitrogens with one attached hydrogen (secondary N) is 1. The molecule has 0 saturated heterocycles. The lowest BCUT2D eigenvalue weighted by Crippen LogP contribution is -2.33. The van der Waals surface area contributed by atoms with Gasteiger partial charge in [0.2, 0.25) is 0 Å². The number of hydrogen-bond donors (Lipinski definition) is 1. The van der Waals surface area contributed by atoms with E-state index in [2.05, 4.69) is 28.2 Å². The van der Waals surface area contributed by atoms with Crippen LogP contribution in [0.1, 0.15) is 25.3 Å². The van der Waals surface area contributed by atoms with E-state index in [1.165, 1.54) is 31.5 Å². The lowest BCUT2D eigenvalue weighted by Gasteiger charge is -2.19. The van der Waals surface area contributed by atoms with Gasteiger partial charge in [-0.1, -0.05) is 13.0 Å². The molecule has 0 unspecified atom stereocenters. The van der Waals surface area contributed by atoms with Gasteiger partial charge in [0.25, 0.3) is 0 Å². The highest BCUT2D eigenvalue weighted by Crippen LogP contribution is 2.25. The van der Waals surface area contributed by atoms with Gasteiger partial charge in [-0.15, -0.1) is 0 Å². The summed E-state index contributed by atoms with van der Waals surface area (Å²) >= 11 is 0. The molecule has 88 valence electrons. The molecular formula is C13H21N3. The van der Waals surface area contributed by atoms with Crippen LogP contribution in [0.2, 0.25) is 0 Å². The van der Waals surface area contributed by atoms with Crippen LogP contribution < -0.4 is 5.32 Å². The van der Waals surface area contributed by atoms with Crippen molar-refractivity contribution in [1.29, 1.82) is 0 Å². The van der Waals surface area contributed by atoms with Crippen molar-refractivity contribution in [2.75, 3.05) is 19.6 Å². The van der Waals surface area contributed by atoms with Crippen molar-refractivity contribution in [3.8, 4) is 0 Å². The zero-order valence-corrected chi connectivity index (χ0v) is 10.0. The summed E-state index contributed by atoms with van der Waals surface area (Å²) in [5.41, 5.74) is 1.26. The summed E-state index contributed by atoms with van der Waals surface area (Å²) in [4.78, 5) is 6.67. The highest BCUT2D eigenvalue weighted by atomic mass is 15.2. The van der Waals surface area contributed by atoms with Crippen molar-refractivity contribution in [1.82, 2.24) is 15.2 Å². The molecule has 1 heterocycles. The molecule has 0 atom stereocenters. The Morgan fingerprint density at radius 1 is 1.50 bits per heavy atom. The molecule has 1 aromatic rings. The first-order valence-corrected chi connectivity index (χ1v) is 6.24. The van der Waals surface area contributed by atoms with Crippen molar-refractivity contribution >= 4 is 0 Å². The first kappa shape index (κ1) is 11.6. The van der Waals surface area contributed by atoms with E-state index in [0.717, 1.165) is 19.1 Å². The number of aromatic nitrogens is 1. The minimum Gasteiger partial charge on any atom is -0.311 e. The van der Waals surface area contributed by atoms with Gasteiger partial charge in [0.15, 0.2) is 0 Å². The Balaban J connectivity index is 1.61. The Morgan fingerprint density at radius 2 is 2.38 bits per heavy atom. The zero-order valence-electron chi connectivity index (χ0n) is 10.0. The molecule has 1 aliphatic rings. The van der Waals surface area contributed by atoms with Gasteiger partial charge in [0.05, 0.1) is 0 Å². The zero-order chi connectivity index (χ0) is 11.2. The highest BCUT2D eigenvalue weighted by molar-refractivity contribution is 5.07. The van der Waals surface area contributed by atoms with Gasteiger partial charge in [-0.05, 0) is 31.0 Å². The van der Waals surface area contributed by atoms with E-state index in [0.29, 0.717) is 0 Å². The van der Waals surface area contributed by atoms with Crippen LogP contribution in [0.5, 0.6) is 0 Å². The number of nitrogens with zero attached hydrogens (tertiary/aromatic N) is 2. The molecule has 1 aromatic heterocycles. The van der Waals surface area contributed by atoms with Crippen LogP contribution in [0.4, 0.5) is 0 Å². The quantitative estimate of drug-likeness (QED) is 0.707. The third-order valence-corrected chi connectivity index (χ3v) is 3.10. The number of likely N-dealkylation sites (N-methyl/N-ethyl adjacent to an activating group) is 1. The van der Waals surface area contributed by atoms with Crippen molar-refractivity contribution < 1.29 is 0 Å². The van der Waals surface area contributed by atoms with Crippen LogP contribution in [-0.2, 0) is 6.54 Å². The number of hydrogen-bond acceptors (Lipinski definition) is 3. The molecular weight excluding hydrogens is 198 g/mol. The van der Waals surface area contributed by atoms with Crippen LogP contribution >= 0.6 is 0 Å². The van der Waals surface area contributed by atoms with Gasteiger partial charge in [-0.3, -0.25) is 9.88 Å². The van der Waals surface area contributed by atoms with Gasteiger partial charge in [-0.25, -0.2) is 0 Å². The Labute approximate surface area is 97.9 Å². The van der Waals surface area contributed by atoms with Gasteiger partial charge in [0.1, 0.15) is 0 Å². The third kappa shape index (κ3) is 3.58. The van der Waals surface area contributed by atoms with Crippen LogP contribution in [0.15, 0.2) is 24.5 Å². The second-order valence-electron chi connectivity index (χ2n) is 4.40. The average molecular weight is 219 g/mol. The molecule has 3 nitrogen and oxygen atoms in total. The predicted octanol–water partition coefficient (Wildman–Crippen LogP) is 1.66. The van der Waals surface area contributed by atoms with Crippen molar-refractivity contribution in [3.63, 3.8) is 0 Å². The SMILES string of the molecule is CCN(CCNCc1cccnc1)C1CC1. The van der Waals surface area contributed by atoms with E-state index in [1.54, 1.807) is 0 Å². The first-order chi connectivity index (χ1) is 7.90. The summed E-state index contributed by atoms with van der Waals surface area (Å²) in [5, 5.41) is 3.47. The standard InChI is InChI=1S/C13H21N3/c1-2-16(13-5-6-13)9-8-15-11-12-4-3-7-14-10-12/h3-4,7,10,13,15H,2,5-6,8-9,11H2,1H3. The van der Waals surface area contributed by atoms with Gasteiger partial charge in [0, 0.05) is 38.1 Å². The molecule has 0 aromatic carbocycles. The fourth-order valence-electron chi connectivity index (χ4n) is 2.00. The Hall–Kier alpha value is -0.930. The summed E-state index contributed by atoms with van der Waals surface area (Å²) < 4.78 is 0. The molecule has 0 bridgehead atoms. The second-order valence-corrected chi connectivity index (χ2v) is 4.40.